The quantitative estimate of drug-likeness (QED) is 0.322. The summed E-state index contributed by atoms with van der Waals surface area (Å²) in [6.07, 6.45) is -0.660. The van der Waals surface area contributed by atoms with Crippen LogP contribution < -0.4 is 4.74 Å². The summed E-state index contributed by atoms with van der Waals surface area (Å²) in [5.41, 5.74) is 1.33. The fraction of sp³-hybridized carbons (Fsp3) is 0.308. The van der Waals surface area contributed by atoms with Crippen LogP contribution in [0.5, 0.6) is 17.4 Å². The Morgan fingerprint density at radius 1 is 1.17 bits per heavy atom. The minimum atomic E-state index is -4.73. The number of benzene rings is 1. The minimum absolute atomic E-state index is 0.0133. The van der Waals surface area contributed by atoms with Crippen LogP contribution in [0.1, 0.15) is 23.0 Å². The van der Waals surface area contributed by atoms with E-state index in [0.29, 0.717) is 0 Å². The smallest absolute Gasteiger partial charge is 0.507 e. The molecule has 5 rings (SSSR count). The van der Waals surface area contributed by atoms with Crippen molar-refractivity contribution in [2.24, 2.45) is 0 Å². The molecule has 1 atom stereocenters. The molecular weight excluding hydrogens is 578 g/mol. The Bertz CT molecular complexity index is 1700. The van der Waals surface area contributed by atoms with Gasteiger partial charge in [0.05, 0.1) is 5.56 Å². The zero-order chi connectivity index (χ0) is 30.2. The number of carbonyl (C=O) groups excluding carboxylic acids is 2. The standard InChI is InChI=1S/C26H23F3N7O5P/c1-15(37)24(39)33-6-8-34(9-7-33)25(40)17-3-2-16(12-20(17)38)41-23-22-31-13-19(36(22)5-4-30-23)18-14-35(10-11-42)32-21(18)26(27,28)29/h2-5,12-15,37-38H,6-10H2,1H3/t15-/m0/s1. The van der Waals surface area contributed by atoms with E-state index in [2.05, 4.69) is 29.4 Å². The molecule has 3 aromatic heterocycles. The number of piperazine rings is 1. The number of alkyl halides is 3. The summed E-state index contributed by atoms with van der Waals surface area (Å²) in [4.78, 5) is 36.3. The van der Waals surface area contributed by atoms with Gasteiger partial charge in [0.15, 0.2) is 0 Å². The second-order valence-corrected chi connectivity index (χ2v) is 9.70. The average molecular weight is 601 g/mol. The van der Waals surface area contributed by atoms with Crippen molar-refractivity contribution in [2.75, 3.05) is 26.2 Å². The molecule has 0 unspecified atom stereocenters. The first-order valence-corrected chi connectivity index (χ1v) is 13.0. The van der Waals surface area contributed by atoms with Crippen LogP contribution in [-0.2, 0) is 17.5 Å². The van der Waals surface area contributed by atoms with Gasteiger partial charge in [0, 0.05) is 26.2 Å². The van der Waals surface area contributed by atoms with Crippen LogP contribution in [0.15, 0.2) is 43.0 Å². The van der Waals surface area contributed by atoms with E-state index in [9.17, 15) is 33.0 Å². The Balaban J connectivity index is 1.36. The number of aliphatic hydroxyl groups is 1. The predicted molar refractivity (Wildman–Crippen MR) is 142 cm³/mol. The Labute approximate surface area is 238 Å². The number of aromatic hydroxyl groups is 1. The van der Waals surface area contributed by atoms with Crippen LogP contribution in [0.2, 0.25) is 0 Å². The van der Waals surface area contributed by atoms with E-state index in [0.717, 1.165) is 4.68 Å². The van der Waals surface area contributed by atoms with Crippen LogP contribution in [0.3, 0.4) is 0 Å². The Morgan fingerprint density at radius 2 is 1.88 bits per heavy atom. The van der Waals surface area contributed by atoms with Gasteiger partial charge in [-0.05, 0) is 13.0 Å². The monoisotopic (exact) mass is 601 g/mol. The van der Waals surface area contributed by atoms with E-state index in [4.69, 9.17) is 4.74 Å². The molecule has 16 heteroatoms. The molecule has 1 aliphatic heterocycles. The summed E-state index contributed by atoms with van der Waals surface area (Å²) in [5.74, 6) is -1.18. The molecule has 1 aromatic carbocycles. The van der Waals surface area contributed by atoms with Gasteiger partial charge in [-0.15, -0.1) is 0 Å². The molecule has 4 heterocycles. The van der Waals surface area contributed by atoms with Gasteiger partial charge < -0.3 is 20.0 Å². The van der Waals surface area contributed by atoms with Gasteiger partial charge in [-0.1, -0.05) is 0 Å². The molecule has 2 amide bonds. The number of ether oxygens (including phenoxy) is 1. The number of phenols is 1. The zero-order valence-electron chi connectivity index (χ0n) is 22.0. The number of hydrogen-bond acceptors (Lipinski definition) is 8. The zero-order valence-corrected chi connectivity index (χ0v) is 22.9. The van der Waals surface area contributed by atoms with Crippen LogP contribution in [0.25, 0.3) is 16.9 Å². The van der Waals surface area contributed by atoms with E-state index in [-0.39, 0.29) is 72.6 Å². The van der Waals surface area contributed by atoms with Gasteiger partial charge in [-0.3, -0.25) is 9.59 Å². The van der Waals surface area contributed by atoms with Crippen molar-refractivity contribution in [3.63, 3.8) is 0 Å². The average Bonchev–Trinajstić information content (AvgIpc) is 3.58. The maximum absolute atomic E-state index is 13.7. The summed E-state index contributed by atoms with van der Waals surface area (Å²) in [5, 5.41) is 23.7. The molecule has 1 saturated heterocycles. The van der Waals surface area contributed by atoms with Gasteiger partial charge >= 0.3 is 140 Å². The fourth-order valence-electron chi connectivity index (χ4n) is 4.57. The van der Waals surface area contributed by atoms with Gasteiger partial charge in [-0.2, -0.15) is 0 Å². The second kappa shape index (κ2) is 11.4. The van der Waals surface area contributed by atoms with Crippen molar-refractivity contribution >= 4 is 26.2 Å². The first kappa shape index (κ1) is 29.1. The number of rotatable bonds is 6. The topological polar surface area (TPSA) is 138 Å². The number of fused-ring (bicyclic) bond motifs is 1. The molecule has 42 heavy (non-hydrogen) atoms. The van der Waals surface area contributed by atoms with Crippen molar-refractivity contribution < 1.29 is 37.7 Å². The van der Waals surface area contributed by atoms with E-state index >= 15 is 0 Å². The molecule has 2 N–H and O–H groups in total. The molecule has 0 spiro atoms. The first-order valence-electron chi connectivity index (χ1n) is 12.6. The predicted octanol–water partition coefficient (Wildman–Crippen LogP) is 3.14. The molecule has 4 aromatic rings. The fourth-order valence-corrected chi connectivity index (χ4v) is 4.72. The van der Waals surface area contributed by atoms with E-state index in [1.54, 1.807) is 0 Å². The first-order chi connectivity index (χ1) is 20.0. The summed E-state index contributed by atoms with van der Waals surface area (Å²) >= 11 is 0. The second-order valence-electron chi connectivity index (χ2n) is 9.39. The third-order valence-corrected chi connectivity index (χ3v) is 6.73. The van der Waals surface area contributed by atoms with Crippen molar-refractivity contribution in [2.45, 2.75) is 25.7 Å². The van der Waals surface area contributed by atoms with Crippen LogP contribution in [0.4, 0.5) is 13.2 Å². The minimum Gasteiger partial charge on any atom is -0.507 e. The van der Waals surface area contributed by atoms with Gasteiger partial charge in [-0.25, -0.2) is 0 Å². The molecule has 1 fully saturated rings. The Kier molecular flexibility index (Phi) is 7.91. The number of aliphatic hydroxyl groups excluding tert-OH is 1. The number of aromatic nitrogens is 5. The van der Waals surface area contributed by atoms with E-state index in [1.165, 1.54) is 64.1 Å². The Morgan fingerprint density at radius 3 is 2.52 bits per heavy atom. The van der Waals surface area contributed by atoms with Crippen LogP contribution >= 0.6 is 8.70 Å². The normalized spacial score (nSPS) is 14.6. The molecule has 218 valence electrons. The number of carbonyl (C=O) groups is 2. The van der Waals surface area contributed by atoms with Crippen molar-refractivity contribution in [3.8, 4) is 34.3 Å². The molecular formula is C26H23F3N7O5P. The number of amides is 2. The van der Waals surface area contributed by atoms with E-state index in [1.807, 2.05) is 0 Å². The maximum atomic E-state index is 13.7. The number of phenolic OH excluding ortho intramolecular Hbond substituents is 1. The van der Waals surface area contributed by atoms with Crippen molar-refractivity contribution in [1.82, 2.24) is 33.9 Å². The molecule has 0 saturated carbocycles. The molecule has 0 bridgehead atoms. The van der Waals surface area contributed by atoms with Crippen molar-refractivity contribution in [1.29, 1.82) is 0 Å². The van der Waals surface area contributed by atoms with E-state index < -0.39 is 29.8 Å². The van der Waals surface area contributed by atoms with Crippen molar-refractivity contribution in [3.05, 3.63) is 54.2 Å². The Hall–Kier alpha value is -4.45. The third kappa shape index (κ3) is 5.67. The van der Waals surface area contributed by atoms with Gasteiger partial charge in [0.25, 0.3) is 11.8 Å². The summed E-state index contributed by atoms with van der Waals surface area (Å²) < 4.78 is 49.4. The summed E-state index contributed by atoms with van der Waals surface area (Å²) in [6.45, 7) is 2.25. The SMILES string of the molecule is C[C@H](O)C(=O)N1CCN(C(=O)c2ccc(Oc3nccn4c(-c5cn(CC#P)nc5C(F)(F)F)cnc34)cc2O)CC1. The molecule has 12 nitrogen and oxygen atoms in total. The molecule has 0 aliphatic carbocycles. The molecule has 1 aliphatic rings. The third-order valence-electron chi connectivity index (χ3n) is 6.58. The number of hydrogen-bond donors (Lipinski definition) is 2. The summed E-state index contributed by atoms with van der Waals surface area (Å²) in [6, 6.07) is 4.02. The number of halogens is 3. The number of imidazole rings is 1. The van der Waals surface area contributed by atoms with Crippen LogP contribution in [-0.4, -0.2) is 88.3 Å². The number of nitrogens with zero attached hydrogens (tertiary/aromatic N) is 7. The van der Waals surface area contributed by atoms with Crippen LogP contribution in [0, 0.1) is 5.63 Å². The molecule has 0 radical (unpaired) electrons. The van der Waals surface area contributed by atoms with Gasteiger partial charge in [0.1, 0.15) is 11.9 Å². The summed E-state index contributed by atoms with van der Waals surface area (Å²) in [7, 11) is 3.82. The van der Waals surface area contributed by atoms with Gasteiger partial charge in [0.2, 0.25) is 0 Å².